The highest BCUT2D eigenvalue weighted by atomic mass is 14.9. The molecule has 166 valence electrons. The zero-order valence-corrected chi connectivity index (χ0v) is 20.1. The molecule has 5 aromatic rings. The van der Waals surface area contributed by atoms with Crippen LogP contribution in [0.5, 0.6) is 0 Å². The van der Waals surface area contributed by atoms with Gasteiger partial charge in [-0.3, -0.25) is 0 Å². The van der Waals surface area contributed by atoms with Crippen molar-refractivity contribution in [3.05, 3.63) is 126 Å². The summed E-state index contributed by atoms with van der Waals surface area (Å²) in [6, 6.07) is 37.1. The summed E-state index contributed by atoms with van der Waals surface area (Å²) in [5, 5.41) is 2.52. The molecule has 0 aliphatic heterocycles. The van der Waals surface area contributed by atoms with Crippen LogP contribution < -0.4 is 4.57 Å². The molecule has 5 rings (SSSR count). The first-order chi connectivity index (χ1) is 16.6. The largest absolute Gasteiger partial charge is 0.212 e. The molecule has 0 aliphatic carbocycles. The van der Waals surface area contributed by atoms with Gasteiger partial charge in [0, 0.05) is 11.6 Å². The molecule has 1 aromatic heterocycles. The lowest BCUT2D eigenvalue weighted by Gasteiger charge is -2.10. The average Bonchev–Trinajstić information content (AvgIpc) is 2.88. The van der Waals surface area contributed by atoms with Gasteiger partial charge in [-0.25, -0.2) is 4.57 Å². The Morgan fingerprint density at radius 1 is 0.647 bits per heavy atom. The lowest BCUT2D eigenvalue weighted by molar-refractivity contribution is -0.659. The predicted molar refractivity (Wildman–Crippen MR) is 145 cm³/mol. The van der Waals surface area contributed by atoms with Gasteiger partial charge in [0.15, 0.2) is 6.20 Å². The van der Waals surface area contributed by atoms with E-state index in [1.807, 2.05) is 0 Å². The van der Waals surface area contributed by atoms with Crippen LogP contribution in [-0.2, 0) is 7.05 Å². The third kappa shape index (κ3) is 4.56. The normalized spacial score (nSPS) is 11.5. The molecule has 0 bridgehead atoms. The molecule has 0 saturated carbocycles. The Hall–Kier alpha value is -3.97. The van der Waals surface area contributed by atoms with Gasteiger partial charge >= 0.3 is 0 Å². The molecule has 1 heterocycles. The van der Waals surface area contributed by atoms with Gasteiger partial charge in [0.2, 0.25) is 5.69 Å². The first kappa shape index (κ1) is 21.9. The number of aromatic nitrogens is 1. The highest BCUT2D eigenvalue weighted by Gasteiger charge is 2.16. The van der Waals surface area contributed by atoms with Crippen LogP contribution in [0.25, 0.3) is 45.3 Å². The van der Waals surface area contributed by atoms with Crippen molar-refractivity contribution in [2.45, 2.75) is 19.8 Å². The van der Waals surface area contributed by atoms with Crippen molar-refractivity contribution in [1.29, 1.82) is 0 Å². The number of benzene rings is 4. The second kappa shape index (κ2) is 9.49. The van der Waals surface area contributed by atoms with Gasteiger partial charge < -0.3 is 0 Å². The molecule has 0 atom stereocenters. The number of rotatable bonds is 5. The van der Waals surface area contributed by atoms with Crippen LogP contribution in [0.4, 0.5) is 0 Å². The molecule has 0 aliphatic rings. The number of aryl methyl sites for hydroxylation is 1. The summed E-state index contributed by atoms with van der Waals surface area (Å²) in [7, 11) is 2.13. The number of pyridine rings is 1. The van der Waals surface area contributed by atoms with Crippen LogP contribution in [0.3, 0.4) is 0 Å². The topological polar surface area (TPSA) is 3.88 Å². The maximum absolute atomic E-state index is 2.31. The van der Waals surface area contributed by atoms with Crippen molar-refractivity contribution in [2.24, 2.45) is 7.05 Å². The SMILES string of the molecule is CC(C)c1ccc(/C=C/c2cc(-c3ccc4ccccc4c3)[n+](C)cc2-c2ccccc2)cc1. The van der Waals surface area contributed by atoms with Crippen molar-refractivity contribution in [2.75, 3.05) is 0 Å². The Morgan fingerprint density at radius 3 is 2.09 bits per heavy atom. The van der Waals surface area contributed by atoms with Crippen LogP contribution >= 0.6 is 0 Å². The summed E-state index contributed by atoms with van der Waals surface area (Å²) >= 11 is 0. The lowest BCUT2D eigenvalue weighted by Crippen LogP contribution is -2.31. The van der Waals surface area contributed by atoms with E-state index in [2.05, 4.69) is 147 Å². The quantitative estimate of drug-likeness (QED) is 0.242. The van der Waals surface area contributed by atoms with Crippen LogP contribution in [0.15, 0.2) is 109 Å². The highest BCUT2D eigenvalue weighted by molar-refractivity contribution is 5.87. The molecule has 4 aromatic carbocycles. The van der Waals surface area contributed by atoms with Crippen molar-refractivity contribution < 1.29 is 4.57 Å². The summed E-state index contributed by atoms with van der Waals surface area (Å²) in [6.07, 6.45) is 6.72. The monoisotopic (exact) mass is 440 g/mol. The standard InChI is InChI=1S/C33H30N/c1-24(2)26-16-13-25(14-17-26)15-18-30-22-33(31-20-19-27-9-7-8-12-29(27)21-31)34(3)23-32(30)28-10-5-4-6-11-28/h4-24H,1-3H3/q+1/b18-15+. The lowest BCUT2D eigenvalue weighted by atomic mass is 9.97. The minimum Gasteiger partial charge on any atom is -0.200 e. The van der Waals surface area contributed by atoms with E-state index in [9.17, 15) is 0 Å². The molecule has 1 nitrogen and oxygen atoms in total. The van der Waals surface area contributed by atoms with Gasteiger partial charge in [0.1, 0.15) is 7.05 Å². The molecular formula is C33H30N+. The maximum atomic E-state index is 2.31. The second-order valence-corrected chi connectivity index (χ2v) is 9.22. The van der Waals surface area contributed by atoms with Gasteiger partial charge in [-0.15, -0.1) is 0 Å². The first-order valence-electron chi connectivity index (χ1n) is 11.9. The molecule has 0 spiro atoms. The Balaban J connectivity index is 1.61. The summed E-state index contributed by atoms with van der Waals surface area (Å²) in [4.78, 5) is 0. The maximum Gasteiger partial charge on any atom is 0.212 e. The fraction of sp³-hybridized carbons (Fsp3) is 0.121. The smallest absolute Gasteiger partial charge is 0.200 e. The van der Waals surface area contributed by atoms with E-state index < -0.39 is 0 Å². The molecule has 0 saturated heterocycles. The minimum atomic E-state index is 0.543. The Morgan fingerprint density at radius 2 is 1.35 bits per heavy atom. The molecule has 0 amide bonds. The van der Waals surface area contributed by atoms with Gasteiger partial charge in [-0.2, -0.15) is 0 Å². The molecule has 0 N–H and O–H groups in total. The van der Waals surface area contributed by atoms with Crippen LogP contribution in [-0.4, -0.2) is 0 Å². The second-order valence-electron chi connectivity index (χ2n) is 9.22. The van der Waals surface area contributed by atoms with Crippen LogP contribution in [0.1, 0.15) is 36.5 Å². The highest BCUT2D eigenvalue weighted by Crippen LogP contribution is 2.29. The van der Waals surface area contributed by atoms with E-state index >= 15 is 0 Å². The summed E-state index contributed by atoms with van der Waals surface area (Å²) in [6.45, 7) is 4.46. The molecular weight excluding hydrogens is 410 g/mol. The molecule has 1 heteroatoms. The van der Waals surface area contributed by atoms with Crippen molar-refractivity contribution in [1.82, 2.24) is 0 Å². The zero-order valence-electron chi connectivity index (χ0n) is 20.1. The zero-order chi connectivity index (χ0) is 23.5. The fourth-order valence-electron chi connectivity index (χ4n) is 4.48. The van der Waals surface area contributed by atoms with Gasteiger partial charge in [0.05, 0.1) is 5.56 Å². The van der Waals surface area contributed by atoms with E-state index in [1.54, 1.807) is 0 Å². The Bertz CT molecular complexity index is 1460. The molecule has 0 radical (unpaired) electrons. The van der Waals surface area contributed by atoms with Crippen LogP contribution in [0.2, 0.25) is 0 Å². The van der Waals surface area contributed by atoms with E-state index in [4.69, 9.17) is 0 Å². The molecule has 0 unspecified atom stereocenters. The number of nitrogens with zero attached hydrogens (tertiary/aromatic N) is 1. The molecule has 34 heavy (non-hydrogen) atoms. The van der Waals surface area contributed by atoms with Crippen molar-refractivity contribution in [3.8, 4) is 22.4 Å². The minimum absolute atomic E-state index is 0.543. The van der Waals surface area contributed by atoms with Gasteiger partial charge in [-0.05, 0) is 51.1 Å². The van der Waals surface area contributed by atoms with Crippen molar-refractivity contribution >= 4 is 22.9 Å². The van der Waals surface area contributed by atoms with Crippen LogP contribution in [0, 0.1) is 0 Å². The Kier molecular flexibility index (Phi) is 6.10. The van der Waals surface area contributed by atoms with E-state index in [0.717, 1.165) is 0 Å². The van der Waals surface area contributed by atoms with E-state index in [-0.39, 0.29) is 0 Å². The van der Waals surface area contributed by atoms with Gasteiger partial charge in [-0.1, -0.05) is 111 Å². The third-order valence-corrected chi connectivity index (χ3v) is 6.49. The predicted octanol–water partition coefficient (Wildman–Crippen LogP) is 8.29. The summed E-state index contributed by atoms with van der Waals surface area (Å²) < 4.78 is 2.24. The number of fused-ring (bicyclic) bond motifs is 1. The number of hydrogen-bond donors (Lipinski definition) is 0. The van der Waals surface area contributed by atoms with Crippen molar-refractivity contribution in [3.63, 3.8) is 0 Å². The summed E-state index contributed by atoms with van der Waals surface area (Å²) in [5.41, 5.74) is 8.65. The number of hydrogen-bond acceptors (Lipinski definition) is 0. The van der Waals surface area contributed by atoms with Gasteiger partial charge in [0.25, 0.3) is 0 Å². The first-order valence-corrected chi connectivity index (χ1v) is 11.9. The van der Waals surface area contributed by atoms with E-state index in [0.29, 0.717) is 5.92 Å². The van der Waals surface area contributed by atoms with E-state index in [1.165, 1.54) is 49.8 Å². The summed E-state index contributed by atoms with van der Waals surface area (Å²) in [5.74, 6) is 0.543. The Labute approximate surface area is 202 Å². The fourth-order valence-corrected chi connectivity index (χ4v) is 4.48. The third-order valence-electron chi connectivity index (χ3n) is 6.49. The average molecular weight is 441 g/mol. The molecule has 0 fully saturated rings.